The first-order valence-corrected chi connectivity index (χ1v) is 5.30. The summed E-state index contributed by atoms with van der Waals surface area (Å²) in [5.74, 6) is 0. The fourth-order valence-electron chi connectivity index (χ4n) is 1.53. The molecule has 2 aromatic heterocycles. The maximum absolute atomic E-state index is 4.28. The summed E-state index contributed by atoms with van der Waals surface area (Å²) in [6.45, 7) is 0. The van der Waals surface area contributed by atoms with Crippen LogP contribution in [-0.4, -0.2) is 9.61 Å². The molecule has 0 saturated heterocycles. The molecule has 68 valence electrons. The number of aromatic nitrogens is 2. The smallest absolute Gasteiger partial charge is 0.119 e. The van der Waals surface area contributed by atoms with Crippen molar-refractivity contribution in [2.75, 3.05) is 0 Å². The van der Waals surface area contributed by atoms with Crippen molar-refractivity contribution in [3.8, 4) is 11.3 Å². The third kappa shape index (κ3) is 1.06. The standard InChI is InChI=1S/C11H8N2S/c1-2-4-9(5-3-1)10-8-14-11-6-7-12-13(10)11/h1-8H. The van der Waals surface area contributed by atoms with Crippen LogP contribution in [0.15, 0.2) is 48.0 Å². The van der Waals surface area contributed by atoms with E-state index in [2.05, 4.69) is 22.6 Å². The second-order valence-corrected chi connectivity index (χ2v) is 3.96. The summed E-state index contributed by atoms with van der Waals surface area (Å²) in [6.07, 6.45) is 1.83. The van der Waals surface area contributed by atoms with Gasteiger partial charge in [-0.25, -0.2) is 4.52 Å². The summed E-state index contributed by atoms with van der Waals surface area (Å²) < 4.78 is 1.97. The molecule has 2 nitrogen and oxygen atoms in total. The third-order valence-corrected chi connectivity index (χ3v) is 3.09. The number of nitrogens with zero attached hydrogens (tertiary/aromatic N) is 2. The maximum atomic E-state index is 4.28. The Morgan fingerprint density at radius 3 is 2.79 bits per heavy atom. The molecular formula is C11H8N2S. The molecule has 0 amide bonds. The minimum Gasteiger partial charge on any atom is -0.222 e. The quantitative estimate of drug-likeness (QED) is 0.590. The number of thiazole rings is 1. The predicted molar refractivity (Wildman–Crippen MR) is 58.5 cm³/mol. The molecule has 14 heavy (non-hydrogen) atoms. The van der Waals surface area contributed by atoms with E-state index in [9.17, 15) is 0 Å². The molecule has 2 heterocycles. The Hall–Kier alpha value is -1.61. The first kappa shape index (κ1) is 7.76. The number of rotatable bonds is 1. The van der Waals surface area contributed by atoms with Crippen molar-refractivity contribution in [2.45, 2.75) is 0 Å². The van der Waals surface area contributed by atoms with Crippen LogP contribution in [0.1, 0.15) is 0 Å². The van der Waals surface area contributed by atoms with Gasteiger partial charge in [0, 0.05) is 10.9 Å². The molecule has 0 fully saturated rings. The average molecular weight is 200 g/mol. The molecule has 3 rings (SSSR count). The molecule has 0 aliphatic carbocycles. The molecule has 0 bridgehead atoms. The molecule has 1 aromatic carbocycles. The fourth-order valence-corrected chi connectivity index (χ4v) is 2.38. The van der Waals surface area contributed by atoms with Gasteiger partial charge < -0.3 is 0 Å². The SMILES string of the molecule is c1ccc(-c2csc3ccnn23)cc1. The van der Waals surface area contributed by atoms with E-state index in [-0.39, 0.29) is 0 Å². The molecule has 0 radical (unpaired) electrons. The Balaban J connectivity index is 2.28. The summed E-state index contributed by atoms with van der Waals surface area (Å²) in [5, 5.41) is 6.42. The van der Waals surface area contributed by atoms with Crippen molar-refractivity contribution >= 4 is 16.2 Å². The van der Waals surface area contributed by atoms with Crippen molar-refractivity contribution < 1.29 is 0 Å². The first-order valence-electron chi connectivity index (χ1n) is 4.42. The Bertz CT molecular complexity index is 551. The Morgan fingerprint density at radius 1 is 1.07 bits per heavy atom. The van der Waals surface area contributed by atoms with E-state index in [1.165, 1.54) is 10.4 Å². The summed E-state index contributed by atoms with van der Waals surface area (Å²) in [4.78, 5) is 1.18. The van der Waals surface area contributed by atoms with Crippen molar-refractivity contribution in [1.82, 2.24) is 9.61 Å². The van der Waals surface area contributed by atoms with Gasteiger partial charge >= 0.3 is 0 Å². The van der Waals surface area contributed by atoms with Gasteiger partial charge in [-0.15, -0.1) is 11.3 Å². The van der Waals surface area contributed by atoms with E-state index >= 15 is 0 Å². The Labute approximate surface area is 85.4 Å². The lowest BCUT2D eigenvalue weighted by molar-refractivity contribution is 0.985. The van der Waals surface area contributed by atoms with Gasteiger partial charge in [0.1, 0.15) is 4.83 Å². The highest BCUT2D eigenvalue weighted by atomic mass is 32.1. The van der Waals surface area contributed by atoms with E-state index in [0.29, 0.717) is 0 Å². The Morgan fingerprint density at radius 2 is 1.93 bits per heavy atom. The second-order valence-electron chi connectivity index (χ2n) is 3.07. The van der Waals surface area contributed by atoms with Gasteiger partial charge in [0.05, 0.1) is 11.9 Å². The van der Waals surface area contributed by atoms with Crippen molar-refractivity contribution in [3.63, 3.8) is 0 Å². The monoisotopic (exact) mass is 200 g/mol. The van der Waals surface area contributed by atoms with Gasteiger partial charge in [-0.2, -0.15) is 5.10 Å². The summed E-state index contributed by atoms with van der Waals surface area (Å²) in [7, 11) is 0. The van der Waals surface area contributed by atoms with Crippen LogP contribution in [-0.2, 0) is 0 Å². The van der Waals surface area contributed by atoms with Gasteiger partial charge in [0.2, 0.25) is 0 Å². The highest BCUT2D eigenvalue weighted by Crippen LogP contribution is 2.24. The van der Waals surface area contributed by atoms with Crippen LogP contribution in [0.25, 0.3) is 16.1 Å². The van der Waals surface area contributed by atoms with Crippen LogP contribution < -0.4 is 0 Å². The van der Waals surface area contributed by atoms with Crippen molar-refractivity contribution in [3.05, 3.63) is 48.0 Å². The van der Waals surface area contributed by atoms with E-state index in [0.717, 1.165) is 5.69 Å². The summed E-state index contributed by atoms with van der Waals surface area (Å²) in [6, 6.07) is 12.3. The van der Waals surface area contributed by atoms with Crippen LogP contribution in [0, 0.1) is 0 Å². The number of benzene rings is 1. The van der Waals surface area contributed by atoms with E-state index in [1.807, 2.05) is 35.0 Å². The normalized spacial score (nSPS) is 10.9. The number of hydrogen-bond acceptors (Lipinski definition) is 2. The van der Waals surface area contributed by atoms with Crippen LogP contribution in [0.5, 0.6) is 0 Å². The molecule has 0 N–H and O–H groups in total. The minimum absolute atomic E-state index is 1.16. The van der Waals surface area contributed by atoms with Gasteiger partial charge in [0.25, 0.3) is 0 Å². The zero-order valence-corrected chi connectivity index (χ0v) is 8.24. The van der Waals surface area contributed by atoms with Crippen molar-refractivity contribution in [2.24, 2.45) is 0 Å². The van der Waals surface area contributed by atoms with Gasteiger partial charge in [-0.05, 0) is 6.07 Å². The Kier molecular flexibility index (Phi) is 1.64. The zero-order chi connectivity index (χ0) is 9.38. The van der Waals surface area contributed by atoms with Crippen LogP contribution >= 0.6 is 11.3 Å². The lowest BCUT2D eigenvalue weighted by Gasteiger charge is -1.96. The van der Waals surface area contributed by atoms with Crippen LogP contribution in [0.4, 0.5) is 0 Å². The molecule has 0 spiro atoms. The van der Waals surface area contributed by atoms with E-state index < -0.39 is 0 Å². The second kappa shape index (κ2) is 2.96. The number of fused-ring (bicyclic) bond motifs is 1. The lowest BCUT2D eigenvalue weighted by atomic mass is 10.2. The van der Waals surface area contributed by atoms with Gasteiger partial charge in [-0.3, -0.25) is 0 Å². The van der Waals surface area contributed by atoms with E-state index in [1.54, 1.807) is 11.3 Å². The molecule has 0 aliphatic rings. The predicted octanol–water partition coefficient (Wildman–Crippen LogP) is 3.06. The van der Waals surface area contributed by atoms with Gasteiger partial charge in [-0.1, -0.05) is 30.3 Å². The summed E-state index contributed by atoms with van der Waals surface area (Å²) >= 11 is 1.72. The molecule has 3 aromatic rings. The van der Waals surface area contributed by atoms with Crippen LogP contribution in [0.2, 0.25) is 0 Å². The molecule has 0 aliphatic heterocycles. The zero-order valence-electron chi connectivity index (χ0n) is 7.42. The lowest BCUT2D eigenvalue weighted by Crippen LogP contribution is -1.86. The molecular weight excluding hydrogens is 192 g/mol. The molecule has 0 unspecified atom stereocenters. The van der Waals surface area contributed by atoms with Gasteiger partial charge in [0.15, 0.2) is 0 Å². The summed E-state index contributed by atoms with van der Waals surface area (Å²) in [5.41, 5.74) is 2.37. The highest BCUT2D eigenvalue weighted by Gasteiger charge is 2.04. The number of hydrogen-bond donors (Lipinski definition) is 0. The largest absolute Gasteiger partial charge is 0.222 e. The molecule has 3 heteroatoms. The minimum atomic E-state index is 1.16. The highest BCUT2D eigenvalue weighted by molar-refractivity contribution is 7.15. The van der Waals surface area contributed by atoms with E-state index in [4.69, 9.17) is 0 Å². The third-order valence-electron chi connectivity index (χ3n) is 2.20. The maximum Gasteiger partial charge on any atom is 0.119 e. The van der Waals surface area contributed by atoms with Crippen LogP contribution in [0.3, 0.4) is 0 Å². The first-order chi connectivity index (χ1) is 6.95. The molecule has 0 saturated carbocycles. The topological polar surface area (TPSA) is 17.3 Å². The molecule has 0 atom stereocenters. The fraction of sp³-hybridized carbons (Fsp3) is 0. The van der Waals surface area contributed by atoms with Crippen molar-refractivity contribution in [1.29, 1.82) is 0 Å². The average Bonchev–Trinajstić information content (AvgIpc) is 2.79.